The Morgan fingerprint density at radius 3 is 1.97 bits per heavy atom. The summed E-state index contributed by atoms with van der Waals surface area (Å²) < 4.78 is 0. The van der Waals surface area contributed by atoms with Crippen molar-refractivity contribution in [1.29, 1.82) is 0 Å². The maximum atomic E-state index is 13.8. The second-order valence-electron chi connectivity index (χ2n) is 8.13. The zero-order valence-electron chi connectivity index (χ0n) is 19.1. The number of carbonyl (C=O) groups excluding carboxylic acids is 2. The van der Waals surface area contributed by atoms with E-state index < -0.39 is 6.04 Å². The van der Waals surface area contributed by atoms with Crippen LogP contribution in [0.1, 0.15) is 47.9 Å². The number of nitrogens with one attached hydrogen (secondary N) is 1. The van der Waals surface area contributed by atoms with E-state index in [1.54, 1.807) is 11.9 Å². The molecule has 3 rings (SSSR count). The van der Waals surface area contributed by atoms with Gasteiger partial charge < -0.3 is 10.2 Å². The highest BCUT2D eigenvalue weighted by Crippen LogP contribution is 2.29. The number of hydrogen-bond acceptors (Lipinski definition) is 2. The molecule has 0 bridgehead atoms. The molecule has 0 aliphatic heterocycles. The van der Waals surface area contributed by atoms with Gasteiger partial charge in [-0.1, -0.05) is 97.4 Å². The number of hydrogen-bond donors (Lipinski definition) is 1. The lowest BCUT2D eigenvalue weighted by Crippen LogP contribution is -2.48. The molecule has 1 atom stereocenters. The van der Waals surface area contributed by atoms with E-state index in [4.69, 9.17) is 0 Å². The summed E-state index contributed by atoms with van der Waals surface area (Å²) >= 11 is 0. The highest BCUT2D eigenvalue weighted by Gasteiger charge is 2.30. The van der Waals surface area contributed by atoms with Gasteiger partial charge >= 0.3 is 0 Å². The summed E-state index contributed by atoms with van der Waals surface area (Å²) in [5, 5.41) is 2.73. The molecule has 0 fully saturated rings. The Morgan fingerprint density at radius 2 is 1.47 bits per heavy atom. The number of amides is 2. The number of aryl methyl sites for hydroxylation is 1. The van der Waals surface area contributed by atoms with E-state index in [2.05, 4.69) is 35.6 Å². The molecule has 3 aromatic carbocycles. The fraction of sp³-hybridized carbons (Fsp3) is 0.286. The van der Waals surface area contributed by atoms with Crippen LogP contribution in [-0.4, -0.2) is 29.8 Å². The molecule has 0 heterocycles. The first-order valence-electron chi connectivity index (χ1n) is 11.2. The van der Waals surface area contributed by atoms with Crippen molar-refractivity contribution in [3.05, 3.63) is 107 Å². The summed E-state index contributed by atoms with van der Waals surface area (Å²) in [6.07, 6.45) is 0.853. The van der Waals surface area contributed by atoms with Gasteiger partial charge in [0.1, 0.15) is 6.04 Å². The Labute approximate surface area is 191 Å². The van der Waals surface area contributed by atoms with Crippen molar-refractivity contribution in [3.8, 4) is 0 Å². The van der Waals surface area contributed by atoms with Crippen LogP contribution in [0.25, 0.3) is 0 Å². The van der Waals surface area contributed by atoms with Gasteiger partial charge in [-0.15, -0.1) is 0 Å². The Hall–Kier alpha value is -3.40. The van der Waals surface area contributed by atoms with Crippen LogP contribution in [-0.2, 0) is 16.1 Å². The third-order valence-corrected chi connectivity index (χ3v) is 5.85. The van der Waals surface area contributed by atoms with Gasteiger partial charge in [-0.25, -0.2) is 0 Å². The van der Waals surface area contributed by atoms with Crippen LogP contribution in [0.4, 0.5) is 0 Å². The second-order valence-corrected chi connectivity index (χ2v) is 8.13. The number of likely N-dealkylation sites (N-methyl/N-ethyl adjacent to an activating group) is 1. The molecule has 0 saturated heterocycles. The molecule has 4 nitrogen and oxygen atoms in total. The van der Waals surface area contributed by atoms with Crippen LogP contribution in [0, 0.1) is 6.92 Å². The summed E-state index contributed by atoms with van der Waals surface area (Å²) in [5.74, 6) is -0.240. The molecule has 0 aliphatic carbocycles. The molecule has 0 spiro atoms. The van der Waals surface area contributed by atoms with Gasteiger partial charge in [0.2, 0.25) is 11.8 Å². The zero-order chi connectivity index (χ0) is 22.9. The summed E-state index contributed by atoms with van der Waals surface area (Å²) in [5.41, 5.74) is 4.34. The molecule has 0 saturated carbocycles. The summed E-state index contributed by atoms with van der Waals surface area (Å²) in [6, 6.07) is 27.8. The normalized spacial score (nSPS) is 11.8. The molecular weight excluding hydrogens is 396 g/mol. The minimum atomic E-state index is -0.514. The van der Waals surface area contributed by atoms with Crippen LogP contribution < -0.4 is 5.32 Å². The van der Waals surface area contributed by atoms with Crippen molar-refractivity contribution >= 4 is 11.8 Å². The van der Waals surface area contributed by atoms with Crippen molar-refractivity contribution in [2.45, 2.75) is 45.2 Å². The second kappa shape index (κ2) is 11.3. The highest BCUT2D eigenvalue weighted by atomic mass is 16.2. The van der Waals surface area contributed by atoms with Crippen molar-refractivity contribution in [3.63, 3.8) is 0 Å². The molecule has 0 aromatic heterocycles. The predicted octanol–water partition coefficient (Wildman–Crippen LogP) is 5.07. The van der Waals surface area contributed by atoms with Gasteiger partial charge in [0.15, 0.2) is 0 Å². The molecule has 4 heteroatoms. The van der Waals surface area contributed by atoms with Gasteiger partial charge in [-0.2, -0.15) is 0 Å². The van der Waals surface area contributed by atoms with Crippen LogP contribution >= 0.6 is 0 Å². The van der Waals surface area contributed by atoms with Crippen LogP contribution in [0.5, 0.6) is 0 Å². The molecular formula is C28H32N2O2. The molecule has 32 heavy (non-hydrogen) atoms. The average molecular weight is 429 g/mol. The van der Waals surface area contributed by atoms with Gasteiger partial charge in [-0.05, 0) is 30.0 Å². The van der Waals surface area contributed by atoms with Crippen LogP contribution in [0.15, 0.2) is 84.9 Å². The lowest BCUT2D eigenvalue weighted by molar-refractivity contribution is -0.141. The monoisotopic (exact) mass is 428 g/mol. The summed E-state index contributed by atoms with van der Waals surface area (Å²) in [6.45, 7) is 4.39. The molecule has 2 amide bonds. The summed E-state index contributed by atoms with van der Waals surface area (Å²) in [4.78, 5) is 28.2. The van der Waals surface area contributed by atoms with Gasteiger partial charge in [0.05, 0.1) is 0 Å². The minimum absolute atomic E-state index is 0.0281. The van der Waals surface area contributed by atoms with E-state index in [1.165, 1.54) is 0 Å². The Bertz CT molecular complexity index is 978. The number of nitrogens with zero attached hydrogens (tertiary/aromatic N) is 1. The first kappa shape index (κ1) is 23.3. The van der Waals surface area contributed by atoms with E-state index in [0.29, 0.717) is 19.4 Å². The van der Waals surface area contributed by atoms with E-state index >= 15 is 0 Å². The highest BCUT2D eigenvalue weighted by molar-refractivity contribution is 5.88. The zero-order valence-corrected chi connectivity index (χ0v) is 19.1. The SMILES string of the molecule is CC[C@H](C(=O)NC)N(Cc1cccc(C)c1)C(=O)CC(c1ccccc1)c1ccccc1. The van der Waals surface area contributed by atoms with E-state index in [0.717, 1.165) is 22.3 Å². The Kier molecular flexibility index (Phi) is 8.20. The molecule has 1 N–H and O–H groups in total. The molecule has 166 valence electrons. The number of carbonyl (C=O) groups is 2. The quantitative estimate of drug-likeness (QED) is 0.517. The van der Waals surface area contributed by atoms with E-state index in [9.17, 15) is 9.59 Å². The third-order valence-electron chi connectivity index (χ3n) is 5.85. The molecule has 3 aromatic rings. The van der Waals surface area contributed by atoms with E-state index in [-0.39, 0.29) is 17.7 Å². The smallest absolute Gasteiger partial charge is 0.242 e. The number of benzene rings is 3. The molecule has 0 unspecified atom stereocenters. The van der Waals surface area contributed by atoms with Crippen molar-refractivity contribution in [2.24, 2.45) is 0 Å². The topological polar surface area (TPSA) is 49.4 Å². The third kappa shape index (κ3) is 5.85. The van der Waals surface area contributed by atoms with Crippen molar-refractivity contribution < 1.29 is 9.59 Å². The maximum absolute atomic E-state index is 13.8. The van der Waals surface area contributed by atoms with E-state index in [1.807, 2.05) is 68.4 Å². The average Bonchev–Trinajstić information content (AvgIpc) is 2.83. The van der Waals surface area contributed by atoms with Crippen LogP contribution in [0.3, 0.4) is 0 Å². The standard InChI is InChI=1S/C28H32N2O2/c1-4-26(28(32)29-3)30(20-22-13-11-12-21(2)18-22)27(31)19-25(23-14-7-5-8-15-23)24-16-9-6-10-17-24/h5-18,25-26H,4,19-20H2,1-3H3,(H,29,32)/t26-/m1/s1. The molecule has 0 aliphatic rings. The van der Waals surface area contributed by atoms with Gasteiger partial charge in [0.25, 0.3) is 0 Å². The Balaban J connectivity index is 1.95. The van der Waals surface area contributed by atoms with Crippen LogP contribution in [0.2, 0.25) is 0 Å². The van der Waals surface area contributed by atoms with Gasteiger partial charge in [0, 0.05) is 25.9 Å². The van der Waals surface area contributed by atoms with Crippen molar-refractivity contribution in [1.82, 2.24) is 10.2 Å². The summed E-state index contributed by atoms with van der Waals surface area (Å²) in [7, 11) is 1.62. The minimum Gasteiger partial charge on any atom is -0.357 e. The molecule has 0 radical (unpaired) electrons. The number of rotatable bonds is 9. The first-order valence-corrected chi connectivity index (χ1v) is 11.2. The first-order chi connectivity index (χ1) is 15.5. The fourth-order valence-corrected chi connectivity index (χ4v) is 4.18. The lowest BCUT2D eigenvalue weighted by atomic mass is 9.88. The maximum Gasteiger partial charge on any atom is 0.242 e. The fourth-order valence-electron chi connectivity index (χ4n) is 4.18. The van der Waals surface area contributed by atoms with Gasteiger partial charge in [-0.3, -0.25) is 9.59 Å². The van der Waals surface area contributed by atoms with Crippen molar-refractivity contribution in [2.75, 3.05) is 7.05 Å². The lowest BCUT2D eigenvalue weighted by Gasteiger charge is -2.32. The predicted molar refractivity (Wildman–Crippen MR) is 129 cm³/mol. The Morgan fingerprint density at radius 1 is 0.875 bits per heavy atom. The largest absolute Gasteiger partial charge is 0.357 e.